The van der Waals surface area contributed by atoms with Crippen molar-refractivity contribution in [3.8, 4) is 16.9 Å². The highest BCUT2D eigenvalue weighted by Crippen LogP contribution is 2.68. The maximum Gasteiger partial charge on any atom is 0.433 e. The Bertz CT molecular complexity index is 3360. The Balaban J connectivity index is 1.27. The molecule has 4 aromatic heterocycles. The zero-order valence-corrected chi connectivity index (χ0v) is 35.6. The van der Waals surface area contributed by atoms with Crippen LogP contribution in [0.15, 0.2) is 59.4 Å². The summed E-state index contributed by atoms with van der Waals surface area (Å²) in [7, 11) is -2.61. The van der Waals surface area contributed by atoms with Gasteiger partial charge in [-0.05, 0) is 67.3 Å². The molecule has 1 saturated carbocycles. The molecule has 25 heteroatoms. The second-order valence-electron chi connectivity index (χ2n) is 15.9. The fraction of sp³-hybridized carbons (Fsp3) is 0.293. The van der Waals surface area contributed by atoms with Crippen molar-refractivity contribution < 1.29 is 52.7 Å². The van der Waals surface area contributed by atoms with Gasteiger partial charge in [-0.25, -0.2) is 40.9 Å². The second kappa shape index (κ2) is 15.5. The summed E-state index contributed by atoms with van der Waals surface area (Å²) >= 11 is 6.59. The maximum absolute atomic E-state index is 15.5. The summed E-state index contributed by atoms with van der Waals surface area (Å²) in [5.41, 5.74) is -5.00. The SMILES string of the molecule is Cc1nc(-c2ccc3c(=O)n(-c4ccc(Cl)c5c(NS(C)(=O)=O)nn(C)c45)c([C@H](Cc4cc(F)cc(F)c4)NC(=O)Cn4nc(C(F)F)c5c4C(F)(F)[C@@H]4C[C@H]54)nc3c2)cc(C(F)(F)F)n1. The first-order valence-corrected chi connectivity index (χ1v) is 21.8. The van der Waals surface area contributed by atoms with E-state index in [1.54, 1.807) is 0 Å². The van der Waals surface area contributed by atoms with Crippen LogP contribution in [0.3, 0.4) is 0 Å². The largest absolute Gasteiger partial charge is 0.433 e. The summed E-state index contributed by atoms with van der Waals surface area (Å²) in [5, 5.41) is 10.2. The van der Waals surface area contributed by atoms with Crippen LogP contribution in [-0.2, 0) is 46.9 Å². The van der Waals surface area contributed by atoms with Gasteiger partial charge in [0.25, 0.3) is 17.9 Å². The minimum atomic E-state index is -4.87. The third-order valence-electron chi connectivity index (χ3n) is 11.2. The Labute approximate surface area is 370 Å². The number of nitrogens with one attached hydrogen (secondary N) is 2. The van der Waals surface area contributed by atoms with E-state index in [2.05, 4.69) is 30.2 Å². The molecule has 3 aromatic carbocycles. The lowest BCUT2D eigenvalue weighted by Gasteiger charge is -2.24. The molecule has 2 aliphatic rings. The van der Waals surface area contributed by atoms with Gasteiger partial charge in [0.1, 0.15) is 46.9 Å². The van der Waals surface area contributed by atoms with Crippen molar-refractivity contribution in [2.24, 2.45) is 13.0 Å². The minimum absolute atomic E-state index is 0.000200. The highest BCUT2D eigenvalue weighted by molar-refractivity contribution is 7.92. The van der Waals surface area contributed by atoms with E-state index in [0.717, 1.165) is 23.0 Å². The summed E-state index contributed by atoms with van der Waals surface area (Å²) in [6, 6.07) is 7.68. The van der Waals surface area contributed by atoms with Crippen LogP contribution in [-0.4, -0.2) is 59.7 Å². The van der Waals surface area contributed by atoms with Gasteiger partial charge in [-0.2, -0.15) is 32.1 Å². The van der Waals surface area contributed by atoms with Gasteiger partial charge >= 0.3 is 6.18 Å². The Hall–Kier alpha value is -6.56. The lowest BCUT2D eigenvalue weighted by molar-refractivity contribution is -0.141. The molecule has 344 valence electrons. The molecule has 66 heavy (non-hydrogen) atoms. The standard InChI is InChI=1S/C41H30ClF9N10O4S/c1-16-52-25(14-29(53-16)41(49,50)51)18-4-5-21-26(11-18)55-38(61(39(21)63)28-7-6-24(42)32-34(28)59(2)57-37(32)58-66(3,64)65)27(10-17-8-19(43)12-20(44)9-17)54-30(62)15-60-35-31(33(56-60)36(45)46)22-13-23(22)40(35,47)48/h4-9,11-12,14,22-23,27,36H,10,13,15H2,1-3H3,(H,54,62)(H,57,58)/t22-,23+,27-/m0/s1. The van der Waals surface area contributed by atoms with Crippen LogP contribution in [0.2, 0.25) is 5.02 Å². The first-order valence-electron chi connectivity index (χ1n) is 19.5. The Morgan fingerprint density at radius 1 is 1.00 bits per heavy atom. The van der Waals surface area contributed by atoms with Gasteiger partial charge in [0.2, 0.25) is 15.9 Å². The number of hydrogen-bond acceptors (Lipinski definition) is 9. The number of aromatic nitrogens is 8. The van der Waals surface area contributed by atoms with Gasteiger partial charge in [-0.15, -0.1) is 0 Å². The number of rotatable bonds is 11. The van der Waals surface area contributed by atoms with Gasteiger partial charge in [0.05, 0.1) is 50.5 Å². The average molecular weight is 965 g/mol. The molecule has 0 spiro atoms. The molecule has 3 atom stereocenters. The molecule has 0 bridgehead atoms. The van der Waals surface area contributed by atoms with Gasteiger partial charge in [-0.1, -0.05) is 17.7 Å². The number of alkyl halides is 7. The lowest BCUT2D eigenvalue weighted by Crippen LogP contribution is -2.38. The number of fused-ring (bicyclic) bond motifs is 5. The van der Waals surface area contributed by atoms with Gasteiger partial charge in [0.15, 0.2) is 5.82 Å². The summed E-state index contributed by atoms with van der Waals surface area (Å²) in [5.74, 6) is -10.0. The molecule has 0 unspecified atom stereocenters. The van der Waals surface area contributed by atoms with Crippen LogP contribution in [0.1, 0.15) is 64.7 Å². The Kier molecular flexibility index (Phi) is 10.5. The van der Waals surface area contributed by atoms with Crippen LogP contribution >= 0.6 is 11.6 Å². The molecular weight excluding hydrogens is 935 g/mol. The number of sulfonamides is 1. The van der Waals surface area contributed by atoms with Gasteiger partial charge in [0, 0.05) is 36.6 Å². The highest BCUT2D eigenvalue weighted by Gasteiger charge is 2.67. The molecule has 1 amide bonds. The average Bonchev–Trinajstić information content (AvgIpc) is 3.75. The van der Waals surface area contributed by atoms with Crippen LogP contribution in [0.25, 0.3) is 38.8 Å². The molecule has 0 aliphatic heterocycles. The van der Waals surface area contributed by atoms with E-state index in [1.165, 1.54) is 49.0 Å². The van der Waals surface area contributed by atoms with E-state index in [9.17, 15) is 43.9 Å². The van der Waals surface area contributed by atoms with Crippen molar-refractivity contribution in [2.75, 3.05) is 11.0 Å². The minimum Gasteiger partial charge on any atom is -0.344 e. The van der Waals surface area contributed by atoms with E-state index < -0.39 is 105 Å². The summed E-state index contributed by atoms with van der Waals surface area (Å²) in [4.78, 5) is 41.5. The zero-order chi connectivity index (χ0) is 47.5. The van der Waals surface area contributed by atoms with Crippen molar-refractivity contribution in [3.05, 3.63) is 121 Å². The Morgan fingerprint density at radius 3 is 2.38 bits per heavy atom. The number of amides is 1. The molecule has 0 saturated heterocycles. The molecule has 1 fully saturated rings. The molecule has 4 heterocycles. The van der Waals surface area contributed by atoms with E-state index >= 15 is 13.6 Å². The number of halogens is 10. The number of benzene rings is 3. The highest BCUT2D eigenvalue weighted by atomic mass is 35.5. The zero-order valence-electron chi connectivity index (χ0n) is 34.0. The number of nitrogens with zero attached hydrogens (tertiary/aromatic N) is 8. The normalized spacial score (nSPS) is 17.1. The summed E-state index contributed by atoms with van der Waals surface area (Å²) in [6.45, 7) is 0.150. The maximum atomic E-state index is 15.5. The molecule has 0 radical (unpaired) electrons. The topological polar surface area (TPSA) is 172 Å². The quantitative estimate of drug-likeness (QED) is 0.123. The third kappa shape index (κ3) is 7.87. The van der Waals surface area contributed by atoms with E-state index in [0.29, 0.717) is 16.8 Å². The number of aryl methyl sites for hydroxylation is 2. The predicted molar refractivity (Wildman–Crippen MR) is 219 cm³/mol. The smallest absolute Gasteiger partial charge is 0.344 e. The fourth-order valence-corrected chi connectivity index (χ4v) is 9.34. The monoisotopic (exact) mass is 964 g/mol. The molecule has 2 N–H and O–H groups in total. The van der Waals surface area contributed by atoms with Gasteiger partial charge in [-0.3, -0.25) is 28.2 Å². The fourth-order valence-electron chi connectivity index (χ4n) is 8.60. The van der Waals surface area contributed by atoms with Crippen molar-refractivity contribution in [1.82, 2.24) is 44.4 Å². The third-order valence-corrected chi connectivity index (χ3v) is 12.1. The molecule has 14 nitrogen and oxygen atoms in total. The first kappa shape index (κ1) is 44.6. The molecule has 9 rings (SSSR count). The van der Waals surface area contributed by atoms with Crippen LogP contribution in [0.4, 0.5) is 45.3 Å². The summed E-state index contributed by atoms with van der Waals surface area (Å²) < 4.78 is 160. The second-order valence-corrected chi connectivity index (χ2v) is 18.1. The van der Waals surface area contributed by atoms with E-state index in [4.69, 9.17) is 16.6 Å². The van der Waals surface area contributed by atoms with Crippen LogP contribution < -0.4 is 15.6 Å². The summed E-state index contributed by atoms with van der Waals surface area (Å²) in [6.07, 6.45) is -7.95. The van der Waals surface area contributed by atoms with E-state index in [1.807, 2.05) is 0 Å². The number of anilines is 1. The molecular formula is C41H30ClF9N10O4S. The first-order chi connectivity index (χ1) is 30.9. The predicted octanol–water partition coefficient (Wildman–Crippen LogP) is 7.80. The van der Waals surface area contributed by atoms with Crippen LogP contribution in [0, 0.1) is 24.5 Å². The molecule has 2 aliphatic carbocycles. The van der Waals surface area contributed by atoms with Crippen molar-refractivity contribution in [3.63, 3.8) is 0 Å². The van der Waals surface area contributed by atoms with E-state index in [-0.39, 0.29) is 73.0 Å². The van der Waals surface area contributed by atoms with Crippen molar-refractivity contribution >= 4 is 55.2 Å². The lowest BCUT2D eigenvalue weighted by atomic mass is 10.0. The number of carbonyl (C=O) groups excluding carboxylic acids is 1. The van der Waals surface area contributed by atoms with Crippen molar-refractivity contribution in [1.29, 1.82) is 0 Å². The van der Waals surface area contributed by atoms with Crippen LogP contribution in [0.5, 0.6) is 0 Å². The molecule has 7 aromatic rings. The number of hydrogen-bond donors (Lipinski definition) is 2. The number of carbonyl (C=O) groups is 1. The Morgan fingerprint density at radius 2 is 1.71 bits per heavy atom. The van der Waals surface area contributed by atoms with Gasteiger partial charge < -0.3 is 5.32 Å². The van der Waals surface area contributed by atoms with Crippen molar-refractivity contribution in [2.45, 2.75) is 56.8 Å².